The van der Waals surface area contributed by atoms with Crippen molar-refractivity contribution in [3.63, 3.8) is 0 Å². The van der Waals surface area contributed by atoms with Crippen molar-refractivity contribution in [1.29, 1.82) is 0 Å². The molecule has 0 spiro atoms. The van der Waals surface area contributed by atoms with Crippen LogP contribution in [0.3, 0.4) is 0 Å². The Balaban J connectivity index is 1.47. The minimum atomic E-state index is -0.265. The fraction of sp³-hybridized carbons (Fsp3) is 0.227. The first-order valence-corrected chi connectivity index (χ1v) is 10.4. The minimum Gasteiger partial charge on any atom is -0.348 e. The molecule has 0 fully saturated rings. The Labute approximate surface area is 189 Å². The van der Waals surface area contributed by atoms with Crippen LogP contribution in [0.2, 0.25) is 10.3 Å². The van der Waals surface area contributed by atoms with E-state index < -0.39 is 0 Å². The van der Waals surface area contributed by atoms with E-state index in [9.17, 15) is 9.59 Å². The maximum Gasteiger partial charge on any atom is 0.256 e. The monoisotopic (exact) mass is 455 g/mol. The maximum atomic E-state index is 12.9. The predicted molar refractivity (Wildman–Crippen MR) is 118 cm³/mol. The number of aromatic nitrogens is 3. The molecule has 0 radical (unpaired) electrons. The van der Waals surface area contributed by atoms with Crippen molar-refractivity contribution in [3.8, 4) is 11.3 Å². The lowest BCUT2D eigenvalue weighted by Crippen LogP contribution is -2.38. The molecule has 0 bridgehead atoms. The standard InChI is InChI=1S/C22H19Cl2N5O2/c1-12-4-3-5-14(6-12)13(2)27-19(30)11-29-10-18-16(21(29)31)7-15(8-25-18)20-17(23)9-26-22(24)28-20/h3-9,13H,10-11H2,1-2H3,(H,27,30)/t13-/m1/s1. The van der Waals surface area contributed by atoms with Crippen molar-refractivity contribution in [3.05, 3.63) is 75.4 Å². The van der Waals surface area contributed by atoms with Gasteiger partial charge in [0, 0.05) is 11.8 Å². The number of hydrogen-bond donors (Lipinski definition) is 1. The molecule has 158 valence electrons. The largest absolute Gasteiger partial charge is 0.348 e. The van der Waals surface area contributed by atoms with Crippen LogP contribution in [0.15, 0.2) is 42.7 Å². The fourth-order valence-electron chi connectivity index (χ4n) is 3.52. The molecule has 1 aromatic carbocycles. The molecule has 0 unspecified atom stereocenters. The van der Waals surface area contributed by atoms with Crippen LogP contribution in [0, 0.1) is 6.92 Å². The van der Waals surface area contributed by atoms with Gasteiger partial charge in [0.2, 0.25) is 11.2 Å². The van der Waals surface area contributed by atoms with Gasteiger partial charge in [0.25, 0.3) is 5.91 Å². The van der Waals surface area contributed by atoms with Crippen molar-refractivity contribution in [2.24, 2.45) is 0 Å². The summed E-state index contributed by atoms with van der Waals surface area (Å²) >= 11 is 12.0. The lowest BCUT2D eigenvalue weighted by molar-refractivity contribution is -0.122. The molecule has 3 heterocycles. The van der Waals surface area contributed by atoms with Gasteiger partial charge in [-0.3, -0.25) is 14.6 Å². The Bertz CT molecular complexity index is 1180. The molecule has 1 aliphatic heterocycles. The van der Waals surface area contributed by atoms with Gasteiger partial charge < -0.3 is 10.2 Å². The van der Waals surface area contributed by atoms with Crippen molar-refractivity contribution < 1.29 is 9.59 Å². The van der Waals surface area contributed by atoms with Crippen LogP contribution in [0.25, 0.3) is 11.3 Å². The first-order valence-electron chi connectivity index (χ1n) is 9.64. The molecular weight excluding hydrogens is 437 g/mol. The Morgan fingerprint density at radius 3 is 2.81 bits per heavy atom. The second-order valence-corrected chi connectivity index (χ2v) is 8.16. The number of aryl methyl sites for hydroxylation is 1. The molecule has 31 heavy (non-hydrogen) atoms. The number of rotatable bonds is 5. The Hall–Kier alpha value is -3.03. The Morgan fingerprint density at radius 2 is 2.03 bits per heavy atom. The van der Waals surface area contributed by atoms with E-state index in [1.54, 1.807) is 12.3 Å². The highest BCUT2D eigenvalue weighted by molar-refractivity contribution is 6.33. The number of hydrogen-bond acceptors (Lipinski definition) is 5. The highest BCUT2D eigenvalue weighted by atomic mass is 35.5. The number of halogens is 2. The van der Waals surface area contributed by atoms with E-state index in [4.69, 9.17) is 23.2 Å². The van der Waals surface area contributed by atoms with Gasteiger partial charge in [0.15, 0.2) is 0 Å². The zero-order valence-corrected chi connectivity index (χ0v) is 18.4. The molecule has 7 nitrogen and oxygen atoms in total. The molecule has 2 aromatic heterocycles. The quantitative estimate of drug-likeness (QED) is 0.587. The number of pyridine rings is 1. The summed E-state index contributed by atoms with van der Waals surface area (Å²) in [5.74, 6) is -0.500. The Morgan fingerprint density at radius 1 is 1.23 bits per heavy atom. The number of fused-ring (bicyclic) bond motifs is 1. The third kappa shape index (κ3) is 4.52. The number of benzene rings is 1. The van der Waals surface area contributed by atoms with Gasteiger partial charge in [-0.25, -0.2) is 9.97 Å². The smallest absolute Gasteiger partial charge is 0.256 e. The molecule has 1 aliphatic rings. The average molecular weight is 456 g/mol. The molecule has 0 aliphatic carbocycles. The number of nitrogens with one attached hydrogen (secondary N) is 1. The lowest BCUT2D eigenvalue weighted by Gasteiger charge is -2.19. The molecule has 3 aromatic rings. The van der Waals surface area contributed by atoms with Crippen LogP contribution >= 0.6 is 23.2 Å². The van der Waals surface area contributed by atoms with E-state index >= 15 is 0 Å². The number of amides is 2. The highest BCUT2D eigenvalue weighted by Gasteiger charge is 2.31. The summed E-state index contributed by atoms with van der Waals surface area (Å²) in [6.45, 7) is 4.12. The van der Waals surface area contributed by atoms with Gasteiger partial charge >= 0.3 is 0 Å². The number of carbonyl (C=O) groups is 2. The summed E-state index contributed by atoms with van der Waals surface area (Å²) < 4.78 is 0. The van der Waals surface area contributed by atoms with Gasteiger partial charge in [-0.2, -0.15) is 0 Å². The van der Waals surface area contributed by atoms with E-state index in [0.717, 1.165) is 11.1 Å². The van der Waals surface area contributed by atoms with Crippen molar-refractivity contribution in [1.82, 2.24) is 25.2 Å². The Kier molecular flexibility index (Phi) is 5.89. The van der Waals surface area contributed by atoms with E-state index in [1.807, 2.05) is 38.1 Å². The third-order valence-corrected chi connectivity index (χ3v) is 5.53. The second-order valence-electron chi connectivity index (χ2n) is 7.42. The molecular formula is C22H19Cl2N5O2. The number of carbonyl (C=O) groups excluding carboxylic acids is 2. The van der Waals surface area contributed by atoms with Gasteiger partial charge in [-0.1, -0.05) is 41.4 Å². The fourth-order valence-corrected chi connectivity index (χ4v) is 3.85. The first-order chi connectivity index (χ1) is 14.8. The lowest BCUT2D eigenvalue weighted by atomic mass is 10.1. The summed E-state index contributed by atoms with van der Waals surface area (Å²) in [5, 5.41) is 3.30. The topological polar surface area (TPSA) is 88.1 Å². The van der Waals surface area contributed by atoms with E-state index in [-0.39, 0.29) is 36.2 Å². The van der Waals surface area contributed by atoms with Gasteiger partial charge in [0.05, 0.1) is 40.8 Å². The van der Waals surface area contributed by atoms with E-state index in [0.29, 0.717) is 27.5 Å². The number of nitrogens with zero attached hydrogens (tertiary/aromatic N) is 4. The SMILES string of the molecule is Cc1cccc([C@@H](C)NC(=O)CN2Cc3ncc(-c4nc(Cl)ncc4Cl)cc3C2=O)c1. The molecule has 2 amide bonds. The van der Waals surface area contributed by atoms with E-state index in [2.05, 4.69) is 20.3 Å². The summed E-state index contributed by atoms with van der Waals surface area (Å²) in [6, 6.07) is 9.45. The summed E-state index contributed by atoms with van der Waals surface area (Å²) in [6.07, 6.45) is 2.98. The molecule has 0 saturated heterocycles. The second kappa shape index (κ2) is 8.61. The first kappa shape index (κ1) is 21.2. The summed E-state index contributed by atoms with van der Waals surface area (Å²) in [5.41, 5.74) is 4.10. The molecule has 1 N–H and O–H groups in total. The average Bonchev–Trinajstić information content (AvgIpc) is 3.04. The molecule has 0 saturated carbocycles. The van der Waals surface area contributed by atoms with Gasteiger partial charge in [-0.15, -0.1) is 0 Å². The zero-order valence-electron chi connectivity index (χ0n) is 16.9. The molecule has 9 heteroatoms. The zero-order chi connectivity index (χ0) is 22.1. The molecule has 4 rings (SSSR count). The van der Waals surface area contributed by atoms with Crippen molar-refractivity contribution in [2.75, 3.05) is 6.54 Å². The van der Waals surface area contributed by atoms with E-state index in [1.165, 1.54) is 11.1 Å². The van der Waals surface area contributed by atoms with Crippen LogP contribution in [0.1, 0.15) is 40.1 Å². The minimum absolute atomic E-state index is 0.0484. The van der Waals surface area contributed by atoms with Gasteiger partial charge in [-0.05, 0) is 37.1 Å². The van der Waals surface area contributed by atoms with Gasteiger partial charge in [0.1, 0.15) is 6.54 Å². The van der Waals surface area contributed by atoms with Crippen LogP contribution < -0.4 is 5.32 Å². The summed E-state index contributed by atoms with van der Waals surface area (Å²) in [4.78, 5) is 39.2. The third-order valence-electron chi connectivity index (χ3n) is 5.07. The summed E-state index contributed by atoms with van der Waals surface area (Å²) in [7, 11) is 0. The van der Waals surface area contributed by atoms with Crippen LogP contribution in [-0.4, -0.2) is 38.2 Å². The normalized spacial score (nSPS) is 13.8. The van der Waals surface area contributed by atoms with Crippen molar-refractivity contribution in [2.45, 2.75) is 26.4 Å². The van der Waals surface area contributed by atoms with Crippen LogP contribution in [0.5, 0.6) is 0 Å². The molecule has 1 atom stereocenters. The van der Waals surface area contributed by atoms with Crippen molar-refractivity contribution >= 4 is 35.0 Å². The predicted octanol–water partition coefficient (Wildman–Crippen LogP) is 3.99. The van der Waals surface area contributed by atoms with Crippen LogP contribution in [0.4, 0.5) is 0 Å². The van der Waals surface area contributed by atoms with Crippen LogP contribution in [-0.2, 0) is 11.3 Å². The highest BCUT2D eigenvalue weighted by Crippen LogP contribution is 2.30. The maximum absolute atomic E-state index is 12.9.